The summed E-state index contributed by atoms with van der Waals surface area (Å²) in [5, 5.41) is -0.818. The van der Waals surface area contributed by atoms with Crippen molar-refractivity contribution in [1.82, 2.24) is 0 Å². The molecule has 0 spiro atoms. The Hall–Kier alpha value is -0.325. The highest BCUT2D eigenvalue weighted by Gasteiger charge is 2.42. The van der Waals surface area contributed by atoms with Gasteiger partial charge in [0.05, 0.1) is 41.0 Å². The van der Waals surface area contributed by atoms with Crippen LogP contribution in [0.15, 0.2) is 0 Å². The number of nitrogens with zero attached hydrogens (tertiary/aromatic N) is 1. The summed E-state index contributed by atoms with van der Waals surface area (Å²) in [6.07, 6.45) is 13.9. The number of hydrogen-bond acceptors (Lipinski definition) is 9. The third-order valence-corrected chi connectivity index (χ3v) is 10.4. The Morgan fingerprint density at radius 2 is 1.35 bits per heavy atom. The summed E-state index contributed by atoms with van der Waals surface area (Å²) in [5.74, 6) is 0.312. The predicted molar refractivity (Wildman–Crippen MR) is 190 cm³/mol. The molecule has 0 aromatic heterocycles. The van der Waals surface area contributed by atoms with Crippen molar-refractivity contribution in [3.8, 4) is 0 Å². The standard InChI is InChI=1S/C32H62BNO6S3/c1-9-11-12-13-14-15-16-17-18-19-26-42-30(41)43-32(4,29(36)40-25-24-38-23-22-37-8)27-33-31(3,10-2)28(35)39-21-20-34(5,6)7/h9-27H2,1-8H3/q+1. The van der Waals surface area contributed by atoms with Gasteiger partial charge in [0.1, 0.15) is 35.3 Å². The Kier molecular flexibility index (Phi) is 24.7. The molecule has 0 fully saturated rings. The lowest BCUT2D eigenvalue weighted by Gasteiger charge is -2.32. The number of esters is 2. The number of thiocarbonyl (C=S) groups is 1. The van der Waals surface area contributed by atoms with Crippen LogP contribution in [-0.4, -0.2) is 106 Å². The maximum absolute atomic E-state index is 13.4. The Morgan fingerprint density at radius 3 is 1.91 bits per heavy atom. The Bertz CT molecular complexity index is 770. The Morgan fingerprint density at radius 1 is 0.791 bits per heavy atom. The number of carbonyl (C=O) groups is 2. The number of rotatable bonds is 27. The number of hydrogen-bond donors (Lipinski definition) is 0. The molecule has 1 radical (unpaired) electrons. The van der Waals surface area contributed by atoms with Gasteiger partial charge in [0, 0.05) is 12.4 Å². The van der Waals surface area contributed by atoms with Crippen LogP contribution in [0.2, 0.25) is 11.6 Å². The third kappa shape index (κ3) is 21.9. The maximum atomic E-state index is 13.4. The zero-order chi connectivity index (χ0) is 32.6. The molecule has 0 aromatic carbocycles. The van der Waals surface area contributed by atoms with Gasteiger partial charge < -0.3 is 23.4 Å². The molecule has 0 heterocycles. The van der Waals surface area contributed by atoms with E-state index in [0.717, 1.165) is 22.2 Å². The number of ether oxygens (including phenoxy) is 4. The van der Waals surface area contributed by atoms with Crippen molar-refractivity contribution in [3.05, 3.63) is 0 Å². The lowest BCUT2D eigenvalue weighted by Crippen LogP contribution is -2.41. The summed E-state index contributed by atoms with van der Waals surface area (Å²) in [6.45, 7) is 10.4. The van der Waals surface area contributed by atoms with E-state index < -0.39 is 10.1 Å². The first-order valence-corrected chi connectivity index (χ1v) is 18.5. The summed E-state index contributed by atoms with van der Waals surface area (Å²) >= 11 is 8.73. The molecule has 0 amide bonds. The molecule has 0 saturated carbocycles. The van der Waals surface area contributed by atoms with E-state index in [9.17, 15) is 9.59 Å². The van der Waals surface area contributed by atoms with Gasteiger partial charge in [-0.1, -0.05) is 109 Å². The van der Waals surface area contributed by atoms with Crippen molar-refractivity contribution in [2.45, 2.75) is 115 Å². The number of methoxy groups -OCH3 is 1. The normalized spacial score (nSPS) is 14.5. The van der Waals surface area contributed by atoms with Crippen molar-refractivity contribution in [2.75, 3.05) is 73.6 Å². The molecule has 7 nitrogen and oxygen atoms in total. The molecular formula is C32H62BNO6S3+. The minimum Gasteiger partial charge on any atom is -0.462 e. The molecule has 0 aliphatic rings. The van der Waals surface area contributed by atoms with Crippen molar-refractivity contribution >= 4 is 58.5 Å². The van der Waals surface area contributed by atoms with E-state index in [4.69, 9.17) is 31.2 Å². The second-order valence-electron chi connectivity index (χ2n) is 12.7. The number of carbonyl (C=O) groups excluding carboxylic acids is 2. The number of unbranched alkanes of at least 4 members (excludes halogenated alkanes) is 9. The molecule has 11 heteroatoms. The zero-order valence-electron chi connectivity index (χ0n) is 28.6. The molecule has 0 rings (SSSR count). The van der Waals surface area contributed by atoms with Gasteiger partial charge in [0.25, 0.3) is 0 Å². The van der Waals surface area contributed by atoms with Crippen LogP contribution in [0.5, 0.6) is 0 Å². The fourth-order valence-electron chi connectivity index (χ4n) is 4.08. The summed E-state index contributed by atoms with van der Waals surface area (Å²) in [4.78, 5) is 26.5. The van der Waals surface area contributed by atoms with Gasteiger partial charge >= 0.3 is 11.9 Å². The lowest BCUT2D eigenvalue weighted by molar-refractivity contribution is -0.870. The minimum atomic E-state index is -0.965. The molecule has 2 atom stereocenters. The molecule has 0 bridgehead atoms. The van der Waals surface area contributed by atoms with Crippen LogP contribution >= 0.6 is 35.7 Å². The molecule has 2 unspecified atom stereocenters. The SMILES string of the molecule is CCCCCCCCCCCCSC(=S)SC(C)(C[B]C(C)(CC)C(=O)OCC[N+](C)(C)C)C(=O)OCCOCCOC. The average Bonchev–Trinajstić information content (AvgIpc) is 2.95. The van der Waals surface area contributed by atoms with Gasteiger partial charge in [-0.2, -0.15) is 0 Å². The first-order valence-electron chi connectivity index (χ1n) is 16.2. The molecule has 43 heavy (non-hydrogen) atoms. The van der Waals surface area contributed by atoms with Crippen molar-refractivity contribution in [1.29, 1.82) is 0 Å². The molecular weight excluding hydrogens is 601 g/mol. The fraction of sp³-hybridized carbons (Fsp3) is 0.906. The molecule has 0 saturated heterocycles. The second-order valence-corrected chi connectivity index (χ2v) is 16.5. The highest BCUT2D eigenvalue weighted by atomic mass is 32.2. The van der Waals surface area contributed by atoms with E-state index in [-0.39, 0.29) is 18.5 Å². The quantitative estimate of drug-likeness (QED) is 0.0291. The summed E-state index contributed by atoms with van der Waals surface area (Å²) in [6, 6.07) is 0. The summed E-state index contributed by atoms with van der Waals surface area (Å²) in [5.41, 5.74) is 0. The average molecular weight is 664 g/mol. The van der Waals surface area contributed by atoms with E-state index in [1.54, 1.807) is 18.9 Å². The van der Waals surface area contributed by atoms with E-state index in [1.165, 1.54) is 69.5 Å². The van der Waals surface area contributed by atoms with E-state index in [0.29, 0.717) is 43.7 Å². The Balaban J connectivity index is 4.97. The van der Waals surface area contributed by atoms with Crippen LogP contribution < -0.4 is 0 Å². The van der Waals surface area contributed by atoms with Gasteiger partial charge in [-0.3, -0.25) is 9.59 Å². The van der Waals surface area contributed by atoms with Gasteiger partial charge in [-0.25, -0.2) is 0 Å². The lowest BCUT2D eigenvalue weighted by atomic mass is 9.48. The van der Waals surface area contributed by atoms with Crippen LogP contribution in [0.4, 0.5) is 0 Å². The van der Waals surface area contributed by atoms with Crippen LogP contribution in [0, 0.1) is 0 Å². The molecule has 0 N–H and O–H groups in total. The van der Waals surface area contributed by atoms with E-state index in [2.05, 4.69) is 28.1 Å². The first-order chi connectivity index (χ1) is 20.3. The van der Waals surface area contributed by atoms with E-state index >= 15 is 0 Å². The minimum absolute atomic E-state index is 0.148. The third-order valence-electron chi connectivity index (χ3n) is 7.49. The topological polar surface area (TPSA) is 71.1 Å². The highest BCUT2D eigenvalue weighted by molar-refractivity contribution is 8.47. The number of quaternary nitrogens is 1. The van der Waals surface area contributed by atoms with Crippen LogP contribution in [0.3, 0.4) is 0 Å². The van der Waals surface area contributed by atoms with Gasteiger partial charge in [-0.15, -0.1) is 11.8 Å². The van der Waals surface area contributed by atoms with Gasteiger partial charge in [0.15, 0.2) is 0 Å². The van der Waals surface area contributed by atoms with E-state index in [1.807, 2.05) is 28.1 Å². The monoisotopic (exact) mass is 663 g/mol. The second kappa shape index (κ2) is 24.8. The molecule has 0 aliphatic carbocycles. The van der Waals surface area contributed by atoms with Crippen LogP contribution in [0.25, 0.3) is 0 Å². The van der Waals surface area contributed by atoms with Gasteiger partial charge in [0.2, 0.25) is 0 Å². The number of likely N-dealkylation sites (N-methyl/N-ethyl adjacent to an activating group) is 1. The largest absolute Gasteiger partial charge is 0.462 e. The number of thioether (sulfide) groups is 2. The summed E-state index contributed by atoms with van der Waals surface area (Å²) < 4.78 is 22.2. The van der Waals surface area contributed by atoms with Crippen LogP contribution in [0.1, 0.15) is 98.3 Å². The predicted octanol–water partition coefficient (Wildman–Crippen LogP) is 7.58. The van der Waals surface area contributed by atoms with Crippen molar-refractivity contribution < 1.29 is 33.0 Å². The highest BCUT2D eigenvalue weighted by Crippen LogP contribution is 2.40. The zero-order valence-corrected chi connectivity index (χ0v) is 31.1. The molecule has 0 aromatic rings. The maximum Gasteiger partial charge on any atom is 0.321 e. The smallest absolute Gasteiger partial charge is 0.321 e. The summed E-state index contributed by atoms with van der Waals surface area (Å²) in [7, 11) is 9.72. The van der Waals surface area contributed by atoms with Gasteiger partial charge in [-0.05, 0) is 25.5 Å². The molecule has 251 valence electrons. The molecule has 0 aliphatic heterocycles. The first kappa shape index (κ1) is 42.7. The fourth-order valence-corrected chi connectivity index (χ4v) is 7.12. The van der Waals surface area contributed by atoms with Crippen molar-refractivity contribution in [2.24, 2.45) is 0 Å². The Labute approximate surface area is 278 Å². The van der Waals surface area contributed by atoms with Crippen LogP contribution in [-0.2, 0) is 28.5 Å². The van der Waals surface area contributed by atoms with Crippen molar-refractivity contribution in [3.63, 3.8) is 0 Å².